The number of methoxy groups -OCH3 is 3. The highest BCUT2D eigenvalue weighted by atomic mass is 35.5. The van der Waals surface area contributed by atoms with E-state index >= 15 is 0 Å². The summed E-state index contributed by atoms with van der Waals surface area (Å²) in [7, 11) is 4.46. The Kier molecular flexibility index (Phi) is 5.14. The van der Waals surface area contributed by atoms with Gasteiger partial charge in [-0.2, -0.15) is 5.10 Å². The minimum atomic E-state index is -0.535. The van der Waals surface area contributed by atoms with Crippen LogP contribution in [0.4, 0.5) is 0 Å². The summed E-state index contributed by atoms with van der Waals surface area (Å²) in [6, 6.07) is 14.3. The molecule has 6 nitrogen and oxygen atoms in total. The number of halogens is 1. The molecule has 0 saturated heterocycles. The van der Waals surface area contributed by atoms with E-state index in [4.69, 9.17) is 25.8 Å². The van der Waals surface area contributed by atoms with Crippen molar-refractivity contribution < 1.29 is 19.0 Å². The van der Waals surface area contributed by atoms with Crippen LogP contribution in [0.2, 0.25) is 5.02 Å². The molecule has 1 aromatic heterocycles. The first kappa shape index (κ1) is 17.8. The van der Waals surface area contributed by atoms with Crippen molar-refractivity contribution in [2.75, 3.05) is 21.3 Å². The predicted octanol–water partition coefficient (Wildman–Crippen LogP) is 4.00. The Morgan fingerprint density at radius 1 is 1.00 bits per heavy atom. The molecule has 0 spiro atoms. The summed E-state index contributed by atoms with van der Waals surface area (Å²) < 4.78 is 17.1. The lowest BCUT2D eigenvalue weighted by Gasteiger charge is -2.11. The summed E-state index contributed by atoms with van der Waals surface area (Å²) in [6.45, 7) is 0. The highest BCUT2D eigenvalue weighted by molar-refractivity contribution is 6.32. The molecule has 0 aliphatic heterocycles. The lowest BCUT2D eigenvalue weighted by molar-refractivity contribution is 0.0593. The Labute approximate surface area is 155 Å². The third-order valence-corrected chi connectivity index (χ3v) is 4.15. The van der Waals surface area contributed by atoms with Gasteiger partial charge in [-0.05, 0) is 30.3 Å². The maximum atomic E-state index is 12.0. The highest BCUT2D eigenvalue weighted by Crippen LogP contribution is 2.33. The Morgan fingerprint density at radius 2 is 1.65 bits per heavy atom. The van der Waals surface area contributed by atoms with Gasteiger partial charge in [0, 0.05) is 11.6 Å². The maximum Gasteiger partial charge on any atom is 0.358 e. The number of hydrogen-bond donors (Lipinski definition) is 0. The Hall–Kier alpha value is -2.99. The van der Waals surface area contributed by atoms with E-state index in [0.29, 0.717) is 27.9 Å². The van der Waals surface area contributed by atoms with Crippen LogP contribution >= 0.6 is 11.6 Å². The van der Waals surface area contributed by atoms with Crippen LogP contribution in [-0.4, -0.2) is 37.1 Å². The molecule has 0 N–H and O–H groups in total. The average Bonchev–Trinajstić information content (AvgIpc) is 3.12. The fourth-order valence-corrected chi connectivity index (χ4v) is 2.77. The number of para-hydroxylation sites is 1. The molecule has 0 aliphatic carbocycles. The number of aromatic nitrogens is 2. The summed E-state index contributed by atoms with van der Waals surface area (Å²) in [5.74, 6) is 0.698. The highest BCUT2D eigenvalue weighted by Gasteiger charge is 2.19. The number of benzene rings is 2. The van der Waals surface area contributed by atoms with Gasteiger partial charge in [-0.1, -0.05) is 23.7 Å². The van der Waals surface area contributed by atoms with Gasteiger partial charge in [0.25, 0.3) is 0 Å². The molecule has 3 rings (SSSR count). The van der Waals surface area contributed by atoms with E-state index < -0.39 is 5.97 Å². The molecule has 7 heteroatoms. The molecule has 0 radical (unpaired) electrons. The van der Waals surface area contributed by atoms with Gasteiger partial charge in [0.1, 0.15) is 11.5 Å². The summed E-state index contributed by atoms with van der Waals surface area (Å²) in [5, 5.41) is 4.88. The number of hydrogen-bond acceptors (Lipinski definition) is 5. The Morgan fingerprint density at radius 3 is 2.23 bits per heavy atom. The second kappa shape index (κ2) is 7.49. The maximum absolute atomic E-state index is 12.0. The Bertz CT molecular complexity index is 930. The van der Waals surface area contributed by atoms with Crippen molar-refractivity contribution in [3.8, 4) is 28.4 Å². The number of carbonyl (C=O) groups excluding carboxylic acids is 1. The van der Waals surface area contributed by atoms with Crippen LogP contribution in [0.15, 0.2) is 48.5 Å². The molecule has 0 saturated carbocycles. The molecule has 26 heavy (non-hydrogen) atoms. The van der Waals surface area contributed by atoms with E-state index in [1.54, 1.807) is 37.1 Å². The fourth-order valence-electron chi connectivity index (χ4n) is 2.55. The SMILES string of the molecule is COC(=O)c1cc(-c2cc(OC)cc(OC)c2)n(-c2ccccc2Cl)n1. The number of rotatable bonds is 5. The summed E-state index contributed by atoms with van der Waals surface area (Å²) >= 11 is 6.33. The number of carbonyl (C=O) groups is 1. The van der Waals surface area contributed by atoms with Crippen LogP contribution in [0.25, 0.3) is 16.9 Å². The van der Waals surface area contributed by atoms with E-state index in [1.807, 2.05) is 30.3 Å². The molecule has 0 atom stereocenters. The van der Waals surface area contributed by atoms with Crippen LogP contribution in [0.1, 0.15) is 10.5 Å². The normalized spacial score (nSPS) is 10.5. The lowest BCUT2D eigenvalue weighted by atomic mass is 10.1. The van der Waals surface area contributed by atoms with Gasteiger partial charge in [0.15, 0.2) is 5.69 Å². The molecule has 2 aromatic carbocycles. The third kappa shape index (κ3) is 3.36. The van der Waals surface area contributed by atoms with Crippen LogP contribution in [0.5, 0.6) is 11.5 Å². The first-order valence-electron chi connectivity index (χ1n) is 7.74. The number of nitrogens with zero attached hydrogens (tertiary/aromatic N) is 2. The van der Waals surface area contributed by atoms with E-state index in [1.165, 1.54) is 7.11 Å². The second-order valence-electron chi connectivity index (χ2n) is 5.37. The van der Waals surface area contributed by atoms with E-state index in [-0.39, 0.29) is 5.69 Å². The van der Waals surface area contributed by atoms with Gasteiger partial charge in [0.05, 0.1) is 37.7 Å². The van der Waals surface area contributed by atoms with Gasteiger partial charge in [-0.25, -0.2) is 9.48 Å². The number of esters is 1. The first-order chi connectivity index (χ1) is 12.6. The number of ether oxygens (including phenoxy) is 3. The van der Waals surface area contributed by atoms with Gasteiger partial charge < -0.3 is 14.2 Å². The zero-order valence-electron chi connectivity index (χ0n) is 14.5. The average molecular weight is 373 g/mol. The molecule has 0 fully saturated rings. The topological polar surface area (TPSA) is 62.6 Å². The fraction of sp³-hybridized carbons (Fsp3) is 0.158. The first-order valence-corrected chi connectivity index (χ1v) is 8.12. The monoisotopic (exact) mass is 372 g/mol. The molecule has 0 bridgehead atoms. The van der Waals surface area contributed by atoms with Crippen molar-refractivity contribution in [2.45, 2.75) is 0 Å². The lowest BCUT2D eigenvalue weighted by Crippen LogP contribution is -2.05. The van der Waals surface area contributed by atoms with Gasteiger partial charge in [-0.15, -0.1) is 0 Å². The van der Waals surface area contributed by atoms with Crippen LogP contribution < -0.4 is 9.47 Å². The van der Waals surface area contributed by atoms with Crippen molar-refractivity contribution in [1.29, 1.82) is 0 Å². The van der Waals surface area contributed by atoms with Crippen molar-refractivity contribution in [3.63, 3.8) is 0 Å². The molecule has 3 aromatic rings. The second-order valence-corrected chi connectivity index (χ2v) is 5.78. The van der Waals surface area contributed by atoms with E-state index in [0.717, 1.165) is 5.56 Å². The van der Waals surface area contributed by atoms with Crippen molar-refractivity contribution in [2.24, 2.45) is 0 Å². The van der Waals surface area contributed by atoms with Gasteiger partial charge >= 0.3 is 5.97 Å². The minimum absolute atomic E-state index is 0.171. The quantitative estimate of drug-likeness (QED) is 0.633. The molecule has 0 aliphatic rings. The molecule has 134 valence electrons. The third-order valence-electron chi connectivity index (χ3n) is 3.83. The predicted molar refractivity (Wildman–Crippen MR) is 98.5 cm³/mol. The van der Waals surface area contributed by atoms with Crippen molar-refractivity contribution >= 4 is 17.6 Å². The zero-order chi connectivity index (χ0) is 18.7. The molecular weight excluding hydrogens is 356 g/mol. The molecular formula is C19H17ClN2O4. The Balaban J connectivity index is 2.25. The smallest absolute Gasteiger partial charge is 0.358 e. The van der Waals surface area contributed by atoms with Gasteiger partial charge in [-0.3, -0.25) is 0 Å². The molecule has 0 amide bonds. The van der Waals surface area contributed by atoms with E-state index in [9.17, 15) is 4.79 Å². The zero-order valence-corrected chi connectivity index (χ0v) is 15.3. The largest absolute Gasteiger partial charge is 0.497 e. The standard InChI is InChI=1S/C19H17ClN2O4/c1-24-13-8-12(9-14(10-13)25-2)18-11-16(19(23)26-3)21-22(18)17-7-5-4-6-15(17)20/h4-11H,1-3H3. The van der Waals surface area contributed by atoms with Crippen LogP contribution in [0.3, 0.4) is 0 Å². The molecule has 1 heterocycles. The van der Waals surface area contributed by atoms with E-state index in [2.05, 4.69) is 5.10 Å². The van der Waals surface area contributed by atoms with Crippen LogP contribution in [0, 0.1) is 0 Å². The van der Waals surface area contributed by atoms with Crippen molar-refractivity contribution in [1.82, 2.24) is 9.78 Å². The molecule has 0 unspecified atom stereocenters. The summed E-state index contributed by atoms with van der Waals surface area (Å²) in [4.78, 5) is 12.0. The summed E-state index contributed by atoms with van der Waals surface area (Å²) in [6.07, 6.45) is 0. The van der Waals surface area contributed by atoms with Crippen LogP contribution in [-0.2, 0) is 4.74 Å². The minimum Gasteiger partial charge on any atom is -0.497 e. The van der Waals surface area contributed by atoms with Crippen molar-refractivity contribution in [3.05, 3.63) is 59.2 Å². The van der Waals surface area contributed by atoms with Gasteiger partial charge in [0.2, 0.25) is 0 Å². The summed E-state index contributed by atoms with van der Waals surface area (Å²) in [5.41, 5.74) is 2.21.